The van der Waals surface area contributed by atoms with Crippen molar-refractivity contribution in [3.8, 4) is 0 Å². The van der Waals surface area contributed by atoms with E-state index in [0.29, 0.717) is 12.0 Å². The van der Waals surface area contributed by atoms with Gasteiger partial charge in [0.25, 0.3) is 0 Å². The van der Waals surface area contributed by atoms with Crippen molar-refractivity contribution in [2.45, 2.75) is 58.0 Å². The molecule has 1 aliphatic carbocycles. The Balaban J connectivity index is 1.87. The maximum atomic E-state index is 13.1. The standard InChI is InChI=1S/C17H24F2O/c1-2-3-12-4-6-14(7-5-12)17(20)10-13-8-15(18)11-16(19)9-13/h8-9,11-12,14,17,20H,2-7,10H2,1H3. The first-order chi connectivity index (χ1) is 9.58. The number of benzene rings is 1. The van der Waals surface area contributed by atoms with Crippen LogP contribution in [0.15, 0.2) is 18.2 Å². The van der Waals surface area contributed by atoms with Crippen LogP contribution in [-0.4, -0.2) is 11.2 Å². The molecular formula is C17H24F2O. The maximum absolute atomic E-state index is 13.1. The lowest BCUT2D eigenvalue weighted by molar-refractivity contribution is 0.0727. The van der Waals surface area contributed by atoms with Gasteiger partial charge in [-0.3, -0.25) is 0 Å². The summed E-state index contributed by atoms with van der Waals surface area (Å²) in [7, 11) is 0. The summed E-state index contributed by atoms with van der Waals surface area (Å²) in [6.45, 7) is 2.21. The molecule has 0 amide bonds. The van der Waals surface area contributed by atoms with Gasteiger partial charge >= 0.3 is 0 Å². The average molecular weight is 282 g/mol. The van der Waals surface area contributed by atoms with Crippen LogP contribution in [-0.2, 0) is 6.42 Å². The third kappa shape index (κ3) is 4.27. The minimum absolute atomic E-state index is 0.273. The van der Waals surface area contributed by atoms with Crippen LogP contribution >= 0.6 is 0 Å². The smallest absolute Gasteiger partial charge is 0.126 e. The molecule has 1 fully saturated rings. The number of hydrogen-bond donors (Lipinski definition) is 1. The van der Waals surface area contributed by atoms with Gasteiger partial charge in [0.05, 0.1) is 6.10 Å². The van der Waals surface area contributed by atoms with E-state index in [1.54, 1.807) is 0 Å². The second-order valence-corrected chi connectivity index (χ2v) is 6.12. The van der Waals surface area contributed by atoms with Crippen molar-refractivity contribution in [2.24, 2.45) is 11.8 Å². The molecular weight excluding hydrogens is 258 g/mol. The average Bonchev–Trinajstić information content (AvgIpc) is 2.38. The van der Waals surface area contributed by atoms with Gasteiger partial charge in [-0.25, -0.2) is 8.78 Å². The van der Waals surface area contributed by atoms with E-state index in [1.807, 2.05) is 0 Å². The quantitative estimate of drug-likeness (QED) is 0.844. The van der Waals surface area contributed by atoms with Crippen molar-refractivity contribution in [3.05, 3.63) is 35.4 Å². The third-order valence-electron chi connectivity index (χ3n) is 4.50. The molecule has 1 saturated carbocycles. The van der Waals surface area contributed by atoms with Crippen LogP contribution in [0.25, 0.3) is 0 Å². The van der Waals surface area contributed by atoms with E-state index in [2.05, 4.69) is 6.92 Å². The summed E-state index contributed by atoms with van der Waals surface area (Å²) >= 11 is 0. The topological polar surface area (TPSA) is 20.2 Å². The van der Waals surface area contributed by atoms with Gasteiger partial charge < -0.3 is 5.11 Å². The monoisotopic (exact) mass is 282 g/mol. The molecule has 0 aromatic heterocycles. The molecule has 1 aliphatic rings. The molecule has 112 valence electrons. The second kappa shape index (κ2) is 7.16. The van der Waals surface area contributed by atoms with E-state index < -0.39 is 17.7 Å². The van der Waals surface area contributed by atoms with Gasteiger partial charge in [-0.1, -0.05) is 32.6 Å². The van der Waals surface area contributed by atoms with Gasteiger partial charge in [0.15, 0.2) is 0 Å². The Hall–Kier alpha value is -0.960. The molecule has 0 spiro atoms. The first-order valence-corrected chi connectivity index (χ1v) is 7.71. The molecule has 0 heterocycles. The Morgan fingerprint density at radius 3 is 2.25 bits per heavy atom. The Morgan fingerprint density at radius 2 is 1.70 bits per heavy atom. The zero-order valence-electron chi connectivity index (χ0n) is 12.1. The van der Waals surface area contributed by atoms with Crippen molar-refractivity contribution < 1.29 is 13.9 Å². The third-order valence-corrected chi connectivity index (χ3v) is 4.50. The SMILES string of the molecule is CCCC1CCC(C(O)Cc2cc(F)cc(F)c2)CC1. The lowest BCUT2D eigenvalue weighted by atomic mass is 9.77. The molecule has 1 nitrogen and oxygen atoms in total. The fraction of sp³-hybridized carbons (Fsp3) is 0.647. The number of halogens is 2. The van der Waals surface area contributed by atoms with E-state index in [1.165, 1.54) is 37.8 Å². The van der Waals surface area contributed by atoms with Crippen molar-refractivity contribution in [1.82, 2.24) is 0 Å². The first kappa shape index (κ1) is 15.4. The Morgan fingerprint density at radius 1 is 1.10 bits per heavy atom. The number of aliphatic hydroxyl groups is 1. The van der Waals surface area contributed by atoms with Crippen molar-refractivity contribution >= 4 is 0 Å². The molecule has 3 heteroatoms. The summed E-state index contributed by atoms with van der Waals surface area (Å²) in [6, 6.07) is 3.50. The van der Waals surface area contributed by atoms with Crippen LogP contribution in [0.3, 0.4) is 0 Å². The number of aliphatic hydroxyl groups excluding tert-OH is 1. The predicted molar refractivity (Wildman–Crippen MR) is 76.4 cm³/mol. The molecule has 1 aromatic carbocycles. The molecule has 1 atom stereocenters. The minimum Gasteiger partial charge on any atom is -0.392 e. The molecule has 20 heavy (non-hydrogen) atoms. The van der Waals surface area contributed by atoms with Gasteiger partial charge in [0.1, 0.15) is 11.6 Å². The molecule has 1 unspecified atom stereocenters. The van der Waals surface area contributed by atoms with E-state index in [4.69, 9.17) is 0 Å². The van der Waals surface area contributed by atoms with Crippen LogP contribution in [0, 0.1) is 23.5 Å². The molecule has 1 aromatic rings. The summed E-state index contributed by atoms with van der Waals surface area (Å²) in [4.78, 5) is 0. The van der Waals surface area contributed by atoms with Crippen LogP contribution in [0.4, 0.5) is 8.78 Å². The second-order valence-electron chi connectivity index (χ2n) is 6.12. The molecule has 1 N–H and O–H groups in total. The van der Waals surface area contributed by atoms with E-state index >= 15 is 0 Å². The van der Waals surface area contributed by atoms with Crippen LogP contribution < -0.4 is 0 Å². The van der Waals surface area contributed by atoms with Gasteiger partial charge in [0.2, 0.25) is 0 Å². The van der Waals surface area contributed by atoms with Crippen LogP contribution in [0.2, 0.25) is 0 Å². The highest BCUT2D eigenvalue weighted by Gasteiger charge is 2.26. The van der Waals surface area contributed by atoms with E-state index in [-0.39, 0.29) is 5.92 Å². The van der Waals surface area contributed by atoms with Gasteiger partial charge in [0, 0.05) is 6.07 Å². The van der Waals surface area contributed by atoms with E-state index in [9.17, 15) is 13.9 Å². The lowest BCUT2D eigenvalue weighted by Gasteiger charge is -2.31. The summed E-state index contributed by atoms with van der Waals surface area (Å²) in [5.41, 5.74) is 0.547. The van der Waals surface area contributed by atoms with Gasteiger partial charge in [-0.15, -0.1) is 0 Å². The summed E-state index contributed by atoms with van der Waals surface area (Å²) in [5.74, 6) is -0.0674. The highest BCUT2D eigenvalue weighted by Crippen LogP contribution is 2.34. The first-order valence-electron chi connectivity index (χ1n) is 7.71. The normalized spacial score (nSPS) is 24.6. The molecule has 2 rings (SSSR count). The number of rotatable bonds is 5. The molecule has 0 aliphatic heterocycles. The maximum Gasteiger partial charge on any atom is 0.126 e. The fourth-order valence-electron chi connectivity index (χ4n) is 3.41. The summed E-state index contributed by atoms with van der Waals surface area (Å²) in [6.07, 6.45) is 6.77. The lowest BCUT2D eigenvalue weighted by Crippen LogP contribution is -2.27. The highest BCUT2D eigenvalue weighted by atomic mass is 19.1. The van der Waals surface area contributed by atoms with Crippen molar-refractivity contribution in [1.29, 1.82) is 0 Å². The van der Waals surface area contributed by atoms with Crippen LogP contribution in [0.5, 0.6) is 0 Å². The predicted octanol–water partition coefficient (Wildman–Crippen LogP) is 4.47. The largest absolute Gasteiger partial charge is 0.392 e. The Kier molecular flexibility index (Phi) is 5.53. The van der Waals surface area contributed by atoms with E-state index in [0.717, 1.165) is 24.8 Å². The Bertz CT molecular complexity index is 405. The van der Waals surface area contributed by atoms with Crippen molar-refractivity contribution in [3.63, 3.8) is 0 Å². The summed E-state index contributed by atoms with van der Waals surface area (Å²) in [5, 5.41) is 10.3. The van der Waals surface area contributed by atoms with Gasteiger partial charge in [-0.05, 0) is 48.8 Å². The number of hydrogen-bond acceptors (Lipinski definition) is 1. The molecule has 0 bridgehead atoms. The zero-order chi connectivity index (χ0) is 14.5. The summed E-state index contributed by atoms with van der Waals surface area (Å²) < 4.78 is 26.3. The molecule has 0 radical (unpaired) electrons. The van der Waals surface area contributed by atoms with Crippen LogP contribution in [0.1, 0.15) is 51.0 Å². The van der Waals surface area contributed by atoms with Crippen molar-refractivity contribution in [2.75, 3.05) is 0 Å². The fourth-order valence-corrected chi connectivity index (χ4v) is 3.41. The highest BCUT2D eigenvalue weighted by molar-refractivity contribution is 5.18. The zero-order valence-corrected chi connectivity index (χ0v) is 12.1. The Labute approximate surface area is 120 Å². The molecule has 0 saturated heterocycles. The minimum atomic E-state index is -0.571. The van der Waals surface area contributed by atoms with Gasteiger partial charge in [-0.2, -0.15) is 0 Å².